The van der Waals surface area contributed by atoms with Gasteiger partial charge in [-0.1, -0.05) is 17.4 Å². The van der Waals surface area contributed by atoms with Gasteiger partial charge in [-0.2, -0.15) is 0 Å². The van der Waals surface area contributed by atoms with Crippen LogP contribution in [0.4, 0.5) is 0 Å². The molecule has 0 radical (unpaired) electrons. The molecule has 0 atom stereocenters. The summed E-state index contributed by atoms with van der Waals surface area (Å²) in [6.45, 7) is 9.43. The summed E-state index contributed by atoms with van der Waals surface area (Å²) in [4.78, 5) is 10.8. The van der Waals surface area contributed by atoms with E-state index in [0.29, 0.717) is 5.57 Å². The topological polar surface area (TPSA) is 17.1 Å². The number of allylic oxidation sites excluding steroid dienone is 4. The van der Waals surface area contributed by atoms with Gasteiger partial charge in [0.25, 0.3) is 0 Å². The Morgan fingerprint density at radius 2 is 1.36 bits per heavy atom. The number of halogens is 1. The van der Waals surface area contributed by atoms with Gasteiger partial charge in [-0.25, -0.2) is 0 Å². The molecule has 0 aliphatic rings. The van der Waals surface area contributed by atoms with Crippen molar-refractivity contribution < 1.29 is 4.79 Å². The largest absolute Gasteiger partial charge is 0.276 e. The first-order valence-corrected chi connectivity index (χ1v) is 4.77. The average Bonchev–Trinajstić information content (AvgIpc) is 2.11. The second-order valence-electron chi connectivity index (χ2n) is 3.40. The van der Waals surface area contributed by atoms with E-state index in [1.54, 1.807) is 13.8 Å². The van der Waals surface area contributed by atoms with Gasteiger partial charge >= 0.3 is 0 Å². The Balaban J connectivity index is 4.96. The van der Waals surface area contributed by atoms with E-state index >= 15 is 0 Å². The molecular weight excluding hydrogens is 196 g/mol. The fourth-order valence-corrected chi connectivity index (χ4v) is 0.695. The molecule has 0 heterocycles. The zero-order valence-corrected chi connectivity index (χ0v) is 10.0. The normalized spacial score (nSPS) is 11.0. The van der Waals surface area contributed by atoms with Gasteiger partial charge in [0.2, 0.25) is 5.24 Å². The number of hydrogen-bond donors (Lipinski definition) is 0. The molecule has 0 saturated carbocycles. The predicted molar refractivity (Wildman–Crippen MR) is 61.1 cm³/mol. The number of carbonyl (C=O) groups is 1. The van der Waals surface area contributed by atoms with Gasteiger partial charge in [0.05, 0.1) is 0 Å². The maximum Gasteiger partial charge on any atom is 0.248 e. The molecule has 0 aromatic carbocycles. The van der Waals surface area contributed by atoms with Crippen LogP contribution in [0.5, 0.6) is 0 Å². The minimum atomic E-state index is -0.438. The average molecular weight is 211 g/mol. The first kappa shape index (κ1) is 13.0. The number of rotatable bonds is 1. The van der Waals surface area contributed by atoms with Crippen molar-refractivity contribution in [3.05, 3.63) is 22.3 Å². The maximum atomic E-state index is 10.8. The van der Waals surface area contributed by atoms with E-state index in [0.717, 1.165) is 11.1 Å². The molecule has 76 valence electrons. The minimum absolute atomic E-state index is 0.438. The third-order valence-corrected chi connectivity index (χ3v) is 2.33. The lowest BCUT2D eigenvalue weighted by molar-refractivity contribution is -0.108. The summed E-state index contributed by atoms with van der Waals surface area (Å²) in [5, 5.41) is -0.438. The molecular formula is C12H15ClO. The molecule has 0 saturated heterocycles. The van der Waals surface area contributed by atoms with E-state index < -0.39 is 5.24 Å². The van der Waals surface area contributed by atoms with Crippen LogP contribution in [0.1, 0.15) is 34.6 Å². The van der Waals surface area contributed by atoms with E-state index in [2.05, 4.69) is 11.8 Å². The van der Waals surface area contributed by atoms with Crippen LogP contribution in [-0.4, -0.2) is 5.24 Å². The van der Waals surface area contributed by atoms with Crippen molar-refractivity contribution in [3.8, 4) is 11.8 Å². The van der Waals surface area contributed by atoms with Crippen molar-refractivity contribution in [2.45, 2.75) is 34.6 Å². The van der Waals surface area contributed by atoms with E-state index in [-0.39, 0.29) is 0 Å². The molecule has 0 aromatic heterocycles. The first-order valence-electron chi connectivity index (χ1n) is 4.39. The summed E-state index contributed by atoms with van der Waals surface area (Å²) in [5.74, 6) is 5.89. The van der Waals surface area contributed by atoms with Crippen molar-refractivity contribution in [2.24, 2.45) is 0 Å². The molecule has 0 unspecified atom stereocenters. The maximum absolute atomic E-state index is 10.8. The van der Waals surface area contributed by atoms with Gasteiger partial charge in [-0.05, 0) is 51.8 Å². The fourth-order valence-electron chi connectivity index (χ4n) is 0.554. The van der Waals surface area contributed by atoms with E-state index in [9.17, 15) is 4.79 Å². The highest BCUT2D eigenvalue weighted by Crippen LogP contribution is 2.06. The van der Waals surface area contributed by atoms with Crippen LogP contribution in [0.25, 0.3) is 0 Å². The van der Waals surface area contributed by atoms with Crippen LogP contribution in [0, 0.1) is 11.8 Å². The summed E-state index contributed by atoms with van der Waals surface area (Å²) in [7, 11) is 0. The predicted octanol–water partition coefficient (Wildman–Crippen LogP) is 3.45. The van der Waals surface area contributed by atoms with Crippen LogP contribution in [-0.2, 0) is 4.79 Å². The molecule has 0 spiro atoms. The fraction of sp³-hybridized carbons (Fsp3) is 0.417. The minimum Gasteiger partial charge on any atom is -0.276 e. The summed E-state index contributed by atoms with van der Waals surface area (Å²) in [5.41, 5.74) is 3.45. The standard InChI is InChI=1S/C12H15ClO/c1-8(2)9(3)6-7-10(4)11(5)12(13)14/h1-5H3/b11-10-. The first-order chi connectivity index (χ1) is 6.36. The third-order valence-electron chi connectivity index (χ3n) is 2.04. The molecule has 1 nitrogen and oxygen atoms in total. The van der Waals surface area contributed by atoms with Gasteiger partial charge in [0.1, 0.15) is 0 Å². The monoisotopic (exact) mass is 210 g/mol. The molecule has 2 heteroatoms. The van der Waals surface area contributed by atoms with Crippen LogP contribution < -0.4 is 0 Å². The van der Waals surface area contributed by atoms with Crippen LogP contribution in [0.3, 0.4) is 0 Å². The Labute approximate surface area is 90.8 Å². The zero-order chi connectivity index (χ0) is 11.3. The lowest BCUT2D eigenvalue weighted by Gasteiger charge is -1.94. The second-order valence-corrected chi connectivity index (χ2v) is 3.74. The lowest BCUT2D eigenvalue weighted by Crippen LogP contribution is -1.91. The van der Waals surface area contributed by atoms with Crippen molar-refractivity contribution in [1.29, 1.82) is 0 Å². The molecule has 14 heavy (non-hydrogen) atoms. The van der Waals surface area contributed by atoms with Crippen molar-refractivity contribution in [3.63, 3.8) is 0 Å². The molecule has 0 fully saturated rings. The summed E-state index contributed by atoms with van der Waals surface area (Å²) >= 11 is 5.32. The number of carbonyl (C=O) groups excluding carboxylic acids is 1. The summed E-state index contributed by atoms with van der Waals surface area (Å²) in [6, 6.07) is 0. The third kappa shape index (κ3) is 4.30. The smallest absolute Gasteiger partial charge is 0.248 e. The number of hydrogen-bond acceptors (Lipinski definition) is 1. The SMILES string of the molecule is CC(C)=C(C)C#C/C(C)=C(/C)C(=O)Cl. The lowest BCUT2D eigenvalue weighted by atomic mass is 10.1. The van der Waals surface area contributed by atoms with Crippen LogP contribution in [0.15, 0.2) is 22.3 Å². The molecule has 0 N–H and O–H groups in total. The van der Waals surface area contributed by atoms with E-state index in [1.807, 2.05) is 20.8 Å². The Hall–Kier alpha value is -1.000. The van der Waals surface area contributed by atoms with Gasteiger partial charge in [0.15, 0.2) is 0 Å². The van der Waals surface area contributed by atoms with Gasteiger partial charge < -0.3 is 0 Å². The van der Waals surface area contributed by atoms with Crippen molar-refractivity contribution in [2.75, 3.05) is 0 Å². The molecule has 0 aliphatic heterocycles. The quantitative estimate of drug-likeness (QED) is 0.368. The van der Waals surface area contributed by atoms with Crippen LogP contribution >= 0.6 is 11.6 Å². The Morgan fingerprint density at radius 1 is 0.929 bits per heavy atom. The van der Waals surface area contributed by atoms with E-state index in [4.69, 9.17) is 11.6 Å². The highest BCUT2D eigenvalue weighted by molar-refractivity contribution is 6.67. The molecule has 0 rings (SSSR count). The van der Waals surface area contributed by atoms with Crippen LogP contribution in [0.2, 0.25) is 0 Å². The highest BCUT2D eigenvalue weighted by atomic mass is 35.5. The van der Waals surface area contributed by atoms with Gasteiger partial charge in [-0.15, -0.1) is 0 Å². The van der Waals surface area contributed by atoms with E-state index in [1.165, 1.54) is 5.57 Å². The van der Waals surface area contributed by atoms with Crippen molar-refractivity contribution in [1.82, 2.24) is 0 Å². The molecule has 0 amide bonds. The van der Waals surface area contributed by atoms with Gasteiger partial charge in [-0.3, -0.25) is 4.79 Å². The Kier molecular flexibility index (Phi) is 5.27. The highest BCUT2D eigenvalue weighted by Gasteiger charge is 2.01. The molecule has 0 bridgehead atoms. The Morgan fingerprint density at radius 3 is 1.71 bits per heavy atom. The van der Waals surface area contributed by atoms with Crippen molar-refractivity contribution >= 4 is 16.8 Å². The summed E-state index contributed by atoms with van der Waals surface area (Å²) < 4.78 is 0. The zero-order valence-electron chi connectivity index (χ0n) is 9.29. The molecule has 0 aliphatic carbocycles. The molecule has 0 aromatic rings. The summed E-state index contributed by atoms with van der Waals surface area (Å²) in [6.07, 6.45) is 0. The van der Waals surface area contributed by atoms with Gasteiger partial charge in [0, 0.05) is 11.1 Å². The second kappa shape index (κ2) is 5.67. The Bertz CT molecular complexity index is 358.